The molecular formula is C57H47N15O17. The van der Waals surface area contributed by atoms with E-state index >= 15 is 0 Å². The number of aromatic hydroxyl groups is 2. The summed E-state index contributed by atoms with van der Waals surface area (Å²) >= 11 is 0. The molecule has 1 aliphatic rings. The van der Waals surface area contributed by atoms with Crippen molar-refractivity contribution in [2.75, 3.05) is 5.43 Å². The average Bonchev–Trinajstić information content (AvgIpc) is 1.66. The van der Waals surface area contributed by atoms with Crippen LogP contribution >= 0.6 is 0 Å². The van der Waals surface area contributed by atoms with Crippen molar-refractivity contribution in [3.05, 3.63) is 237 Å². The van der Waals surface area contributed by atoms with Crippen molar-refractivity contribution in [2.45, 2.75) is 65.2 Å². The number of nitrogens with one attached hydrogen (secondary N) is 1. The van der Waals surface area contributed by atoms with Crippen molar-refractivity contribution in [3.63, 3.8) is 0 Å². The Hall–Kier alpha value is -12.4. The number of carbonyl (C=O) groups excluding carboxylic acids is 1. The molecule has 0 fully saturated rings. The van der Waals surface area contributed by atoms with E-state index in [-0.39, 0.29) is 100 Å². The van der Waals surface area contributed by atoms with Crippen molar-refractivity contribution in [3.8, 4) is 11.5 Å². The highest BCUT2D eigenvalue weighted by Crippen LogP contribution is 2.40. The van der Waals surface area contributed by atoms with Gasteiger partial charge in [-0.3, -0.25) is 81.0 Å². The van der Waals surface area contributed by atoms with E-state index in [1.807, 2.05) is 13.8 Å². The number of non-ortho nitro benzene ring substituents is 7. The zero-order valence-electron chi connectivity index (χ0n) is 46.6. The summed E-state index contributed by atoms with van der Waals surface area (Å²) in [4.78, 5) is 90.5. The number of azo groups is 3. The molecule has 32 heteroatoms. The number of allylic oxidation sites excluding steroid dienone is 2. The third-order valence-electron chi connectivity index (χ3n) is 13.5. The lowest BCUT2D eigenvalue weighted by Gasteiger charge is -2.23. The van der Waals surface area contributed by atoms with Crippen LogP contribution in [0.4, 0.5) is 79.6 Å². The largest absolute Gasteiger partial charge is 0.507 e. The predicted molar refractivity (Wildman–Crippen MR) is 318 cm³/mol. The molecule has 0 heterocycles. The maximum atomic E-state index is 14.3. The number of nitro groups is 7. The molecule has 8 rings (SSSR count). The molecule has 0 aromatic heterocycles. The topological polar surface area (TPSA) is 458 Å². The number of nitro benzene ring substituents is 7. The lowest BCUT2D eigenvalue weighted by atomic mass is 9.80. The molecule has 3 N–H and O–H groups in total. The van der Waals surface area contributed by atoms with Crippen LogP contribution in [-0.2, 0) is 30.5 Å². The summed E-state index contributed by atoms with van der Waals surface area (Å²) in [5, 5.41) is 136. The number of anilines is 1. The van der Waals surface area contributed by atoms with Crippen LogP contribution in [0.1, 0.15) is 72.9 Å². The fraction of sp³-hybridized carbons (Fsp3) is 0.193. The Morgan fingerprint density at radius 2 is 0.831 bits per heavy atom. The van der Waals surface area contributed by atoms with E-state index in [2.05, 4.69) is 41.2 Å². The number of carbonyl (C=O) groups is 1. The van der Waals surface area contributed by atoms with Crippen molar-refractivity contribution < 1.29 is 49.5 Å². The van der Waals surface area contributed by atoms with Crippen LogP contribution in [-0.4, -0.2) is 56.2 Å². The third kappa shape index (κ3) is 16.1. The second-order valence-electron chi connectivity index (χ2n) is 20.0. The van der Waals surface area contributed by atoms with E-state index < -0.39 is 80.3 Å². The van der Waals surface area contributed by atoms with Gasteiger partial charge in [-0.05, 0) is 90.1 Å². The van der Waals surface area contributed by atoms with Crippen LogP contribution < -0.4 is 5.43 Å². The SMILES string of the molecule is CCCC1=CC(=NNc2cccc([N+](=O)[O-])c2)CC(Cc2cc(Cc3cc(N=Nc4cc([N+](=O)[O-])cc([N+](=O)[O-])c4)cc(Cc4cc(N=Nc5cc([N+](=O)[O-])cc([N+](=O)[O-])c5)cc(CCC)c4O)c3O)cc(N=Nc3cc([N+](=O)[O-])cc([N+](=O)[O-])c3)c2)C1=O. The number of hydrogen-bond acceptors (Lipinski definition) is 25. The Morgan fingerprint density at radius 3 is 1.26 bits per heavy atom. The summed E-state index contributed by atoms with van der Waals surface area (Å²) < 4.78 is 0. The summed E-state index contributed by atoms with van der Waals surface area (Å²) in [6, 6.07) is 23.9. The molecule has 1 unspecified atom stereocenters. The Morgan fingerprint density at radius 1 is 0.449 bits per heavy atom. The summed E-state index contributed by atoms with van der Waals surface area (Å²) in [7, 11) is 0. The minimum absolute atomic E-state index is 0.0142. The zero-order chi connectivity index (χ0) is 64.2. The van der Waals surface area contributed by atoms with E-state index in [4.69, 9.17) is 0 Å². The molecule has 1 atom stereocenters. The average molecular weight is 1210 g/mol. The lowest BCUT2D eigenvalue weighted by Crippen LogP contribution is -2.27. The normalized spacial score (nSPS) is 13.7. The minimum Gasteiger partial charge on any atom is -0.507 e. The van der Waals surface area contributed by atoms with Gasteiger partial charge in [0.1, 0.15) is 11.5 Å². The number of ketones is 1. The number of Topliss-reactive ketones (excluding diaryl/α,β-unsaturated/α-hetero) is 1. The Labute approximate surface area is 500 Å². The first-order valence-corrected chi connectivity index (χ1v) is 26.6. The molecule has 452 valence electrons. The number of benzene rings is 7. The molecule has 1 aliphatic carbocycles. The molecule has 0 saturated heterocycles. The van der Waals surface area contributed by atoms with Gasteiger partial charge in [-0.25, -0.2) is 0 Å². The highest BCUT2D eigenvalue weighted by Gasteiger charge is 2.29. The van der Waals surface area contributed by atoms with Crippen LogP contribution in [0.3, 0.4) is 0 Å². The van der Waals surface area contributed by atoms with Crippen LogP contribution in [0.2, 0.25) is 0 Å². The summed E-state index contributed by atoms with van der Waals surface area (Å²) in [5.74, 6) is -1.62. The van der Waals surface area contributed by atoms with E-state index in [0.717, 1.165) is 54.6 Å². The van der Waals surface area contributed by atoms with Gasteiger partial charge in [-0.2, -0.15) is 35.8 Å². The molecule has 89 heavy (non-hydrogen) atoms. The standard InChI is InChI=1S/C57H47N15O17/c1-3-6-34-16-42(60-58-40-8-5-9-48(22-40)66(76)77)18-36(55(34)73)11-32-10-33(14-41(13-32)59-63-45-23-49(67(78)79)29-50(24-45)68(80)81)12-37-19-44(62-65-47-27-53(71(86)87)31-54(28-47)72(88)89)21-39(57(37)75)15-38-20-43(17-35(7-4-2)56(38)74)61-64-46-25-51(69(82)83)30-52(26-46)70(84)85/h5,8-10,13-14,16-17,19-31,36,58,74-75H,3-4,6-7,11-12,15,18H2,1-2H3. The maximum absolute atomic E-state index is 14.3. The summed E-state index contributed by atoms with van der Waals surface area (Å²) in [6.07, 6.45) is 2.91. The van der Waals surface area contributed by atoms with Gasteiger partial charge in [0, 0.05) is 90.4 Å². The molecule has 32 nitrogen and oxygen atoms in total. The van der Waals surface area contributed by atoms with Crippen molar-refractivity contribution in [1.82, 2.24) is 0 Å². The highest BCUT2D eigenvalue weighted by molar-refractivity contribution is 6.11. The van der Waals surface area contributed by atoms with E-state index in [0.29, 0.717) is 52.9 Å². The quantitative estimate of drug-likeness (QED) is 0.0272. The summed E-state index contributed by atoms with van der Waals surface area (Å²) in [5.41, 5.74) is 0.587. The first kappa shape index (κ1) is 62.7. The Kier molecular flexibility index (Phi) is 19.4. The Bertz CT molecular complexity index is 4150. The van der Waals surface area contributed by atoms with Crippen LogP contribution in [0, 0.1) is 76.7 Å². The number of nitrogens with zero attached hydrogens (tertiary/aromatic N) is 14. The van der Waals surface area contributed by atoms with Gasteiger partial charge in [0.2, 0.25) is 0 Å². The first-order chi connectivity index (χ1) is 42.4. The van der Waals surface area contributed by atoms with Gasteiger partial charge in [0.05, 0.1) is 98.2 Å². The number of phenols is 2. The number of hydrogen-bond donors (Lipinski definition) is 3. The Balaban J connectivity index is 1.25. The van der Waals surface area contributed by atoms with Crippen LogP contribution in [0.15, 0.2) is 169 Å². The smallest absolute Gasteiger partial charge is 0.278 e. The van der Waals surface area contributed by atoms with Gasteiger partial charge < -0.3 is 10.2 Å². The number of rotatable bonds is 25. The van der Waals surface area contributed by atoms with Gasteiger partial charge in [-0.1, -0.05) is 38.8 Å². The monoisotopic (exact) mass is 1210 g/mol. The molecular weight excluding hydrogens is 1170 g/mol. The second-order valence-corrected chi connectivity index (χ2v) is 20.0. The van der Waals surface area contributed by atoms with Crippen molar-refractivity contribution in [2.24, 2.45) is 41.7 Å². The zero-order valence-corrected chi connectivity index (χ0v) is 46.6. The molecule has 0 bridgehead atoms. The fourth-order valence-electron chi connectivity index (χ4n) is 9.56. The molecule has 0 amide bonds. The molecule has 0 saturated carbocycles. The fourth-order valence-corrected chi connectivity index (χ4v) is 9.56. The van der Waals surface area contributed by atoms with Gasteiger partial charge >= 0.3 is 0 Å². The number of phenolic OH excluding ortho intramolecular Hbond substituents is 2. The number of hydrazone groups is 1. The van der Waals surface area contributed by atoms with Gasteiger partial charge in [-0.15, -0.1) is 0 Å². The van der Waals surface area contributed by atoms with Gasteiger partial charge in [0.25, 0.3) is 39.8 Å². The van der Waals surface area contributed by atoms with Crippen LogP contribution in [0.25, 0.3) is 0 Å². The van der Waals surface area contributed by atoms with E-state index in [9.17, 15) is 85.8 Å². The lowest BCUT2D eigenvalue weighted by molar-refractivity contribution is -0.394. The number of aryl methyl sites for hydroxylation is 1. The minimum atomic E-state index is -0.864. The molecule has 7 aromatic carbocycles. The highest BCUT2D eigenvalue weighted by atomic mass is 16.7. The van der Waals surface area contributed by atoms with Gasteiger partial charge in [0.15, 0.2) is 5.78 Å². The summed E-state index contributed by atoms with van der Waals surface area (Å²) in [6.45, 7) is 3.70. The maximum Gasteiger partial charge on any atom is 0.278 e. The molecule has 0 radical (unpaired) electrons. The third-order valence-corrected chi connectivity index (χ3v) is 13.5. The van der Waals surface area contributed by atoms with Crippen LogP contribution in [0.5, 0.6) is 11.5 Å². The first-order valence-electron chi connectivity index (χ1n) is 26.6. The van der Waals surface area contributed by atoms with Crippen molar-refractivity contribution in [1.29, 1.82) is 0 Å². The molecule has 0 spiro atoms. The molecule has 7 aromatic rings. The van der Waals surface area contributed by atoms with Crippen molar-refractivity contribution >= 4 is 91.1 Å². The van der Waals surface area contributed by atoms with E-state index in [1.54, 1.807) is 24.3 Å². The second kappa shape index (κ2) is 27.6. The predicted octanol–water partition coefficient (Wildman–Crippen LogP) is 15.2. The molecule has 0 aliphatic heterocycles. The van der Waals surface area contributed by atoms with E-state index in [1.165, 1.54) is 48.5 Å².